The van der Waals surface area contributed by atoms with Gasteiger partial charge in [0.1, 0.15) is 0 Å². The van der Waals surface area contributed by atoms with E-state index in [2.05, 4.69) is 10.3 Å². The Hall–Kier alpha value is -1.47. The number of ether oxygens (including phenoxy) is 2. The number of aromatic carboxylic acids is 1. The van der Waals surface area contributed by atoms with Crippen molar-refractivity contribution in [1.29, 1.82) is 0 Å². The summed E-state index contributed by atoms with van der Waals surface area (Å²) in [6.07, 6.45) is 0.745. The predicted octanol–water partition coefficient (Wildman–Crippen LogP) is 1.33. The second-order valence-electron chi connectivity index (χ2n) is 5.52. The molecule has 0 aromatic carbocycles. The molecule has 0 unspecified atom stereocenters. The molecule has 0 spiro atoms. The Kier molecular flexibility index (Phi) is 6.09. The zero-order valence-corrected chi connectivity index (χ0v) is 12.5. The van der Waals surface area contributed by atoms with Crippen LogP contribution in [0.1, 0.15) is 43.4 Å². The van der Waals surface area contributed by atoms with Crippen molar-refractivity contribution in [3.05, 3.63) is 11.4 Å². The molecular formula is C13H23N3O4. The number of aryl methyl sites for hydroxylation is 1. The molecule has 0 aliphatic rings. The molecule has 1 aromatic rings. The monoisotopic (exact) mass is 285 g/mol. The van der Waals surface area contributed by atoms with Gasteiger partial charge in [-0.2, -0.15) is 0 Å². The van der Waals surface area contributed by atoms with E-state index in [0.29, 0.717) is 32.1 Å². The molecule has 1 heterocycles. The van der Waals surface area contributed by atoms with E-state index < -0.39 is 5.97 Å². The number of nitrogens with zero attached hydrogens (tertiary/aromatic N) is 3. The van der Waals surface area contributed by atoms with Crippen LogP contribution >= 0.6 is 0 Å². The van der Waals surface area contributed by atoms with Gasteiger partial charge in [-0.1, -0.05) is 26.0 Å². The van der Waals surface area contributed by atoms with Gasteiger partial charge in [0, 0.05) is 25.7 Å². The summed E-state index contributed by atoms with van der Waals surface area (Å²) in [6.45, 7) is 8.13. The van der Waals surface area contributed by atoms with Gasteiger partial charge in [0.05, 0.1) is 18.9 Å². The molecule has 7 nitrogen and oxygen atoms in total. The fourth-order valence-corrected chi connectivity index (χ4v) is 1.92. The van der Waals surface area contributed by atoms with E-state index >= 15 is 0 Å². The minimum atomic E-state index is -1.04. The van der Waals surface area contributed by atoms with Gasteiger partial charge in [-0.15, -0.1) is 5.10 Å². The normalized spacial score (nSPS) is 11.8. The van der Waals surface area contributed by atoms with Crippen molar-refractivity contribution < 1.29 is 19.4 Å². The molecule has 0 amide bonds. The lowest BCUT2D eigenvalue weighted by Crippen LogP contribution is -2.22. The average Bonchev–Trinajstić information content (AvgIpc) is 2.77. The number of rotatable bonds is 8. The van der Waals surface area contributed by atoms with Crippen LogP contribution in [0.2, 0.25) is 0 Å². The Bertz CT molecular complexity index is 437. The number of hydrogen-bond donors (Lipinski definition) is 1. The molecule has 0 aliphatic heterocycles. The Morgan fingerprint density at radius 3 is 2.55 bits per heavy atom. The largest absolute Gasteiger partial charge is 0.476 e. The maximum absolute atomic E-state index is 11.2. The molecule has 1 N–H and O–H groups in total. The highest BCUT2D eigenvalue weighted by Crippen LogP contribution is 2.24. The average molecular weight is 285 g/mol. The Balaban J connectivity index is 2.64. The van der Waals surface area contributed by atoms with Crippen molar-refractivity contribution in [3.63, 3.8) is 0 Å². The molecular weight excluding hydrogens is 262 g/mol. The van der Waals surface area contributed by atoms with Crippen LogP contribution in [0.4, 0.5) is 0 Å². The lowest BCUT2D eigenvalue weighted by atomic mass is 9.90. The summed E-state index contributed by atoms with van der Waals surface area (Å²) in [4.78, 5) is 11.2. The molecule has 0 saturated heterocycles. The molecule has 1 rings (SSSR count). The minimum absolute atomic E-state index is 0.0257. The van der Waals surface area contributed by atoms with Crippen LogP contribution in [0, 0.1) is 0 Å². The van der Waals surface area contributed by atoms with E-state index in [9.17, 15) is 4.79 Å². The van der Waals surface area contributed by atoms with Crippen LogP contribution in [0.25, 0.3) is 0 Å². The first-order chi connectivity index (χ1) is 9.38. The Labute approximate surface area is 118 Å². The molecule has 0 saturated carbocycles. The quantitative estimate of drug-likeness (QED) is 0.725. The summed E-state index contributed by atoms with van der Waals surface area (Å²) in [7, 11) is 1.63. The van der Waals surface area contributed by atoms with Crippen molar-refractivity contribution in [3.8, 4) is 0 Å². The van der Waals surface area contributed by atoms with Gasteiger partial charge in [-0.3, -0.25) is 0 Å². The van der Waals surface area contributed by atoms with Crippen molar-refractivity contribution >= 4 is 5.97 Å². The molecule has 0 bridgehead atoms. The van der Waals surface area contributed by atoms with Crippen LogP contribution in [0.3, 0.4) is 0 Å². The maximum atomic E-state index is 11.2. The fourth-order valence-electron chi connectivity index (χ4n) is 1.92. The fraction of sp³-hybridized carbons (Fsp3) is 0.769. The summed E-state index contributed by atoms with van der Waals surface area (Å²) in [5.41, 5.74) is 0.341. The summed E-state index contributed by atoms with van der Waals surface area (Å²) < 4.78 is 11.9. The van der Waals surface area contributed by atoms with Crippen molar-refractivity contribution in [2.24, 2.45) is 0 Å². The third-order valence-corrected chi connectivity index (χ3v) is 2.74. The van der Waals surface area contributed by atoms with Gasteiger partial charge >= 0.3 is 5.97 Å². The number of methoxy groups -OCH3 is 1. The molecule has 0 radical (unpaired) electrons. The third kappa shape index (κ3) is 4.57. The minimum Gasteiger partial charge on any atom is -0.476 e. The first-order valence-corrected chi connectivity index (χ1v) is 6.62. The highest BCUT2D eigenvalue weighted by atomic mass is 16.5. The van der Waals surface area contributed by atoms with E-state index in [0.717, 1.165) is 6.42 Å². The summed E-state index contributed by atoms with van der Waals surface area (Å²) >= 11 is 0. The van der Waals surface area contributed by atoms with Gasteiger partial charge < -0.3 is 14.6 Å². The van der Waals surface area contributed by atoms with Crippen molar-refractivity contribution in [2.45, 2.75) is 39.2 Å². The number of hydrogen-bond acceptors (Lipinski definition) is 5. The van der Waals surface area contributed by atoms with Gasteiger partial charge in [0.25, 0.3) is 0 Å². The number of aromatic nitrogens is 3. The van der Waals surface area contributed by atoms with Crippen molar-refractivity contribution in [1.82, 2.24) is 15.0 Å². The number of carboxylic acid groups (broad SMARTS) is 1. The zero-order chi connectivity index (χ0) is 15.2. The summed E-state index contributed by atoms with van der Waals surface area (Å²) in [5, 5.41) is 16.9. The second kappa shape index (κ2) is 7.35. The summed E-state index contributed by atoms with van der Waals surface area (Å²) in [5.74, 6) is -1.04. The van der Waals surface area contributed by atoms with Crippen LogP contribution in [0.5, 0.6) is 0 Å². The Morgan fingerprint density at radius 2 is 2.00 bits per heavy atom. The SMILES string of the molecule is COCCOCCCn1nnc(C(=O)O)c1C(C)(C)C. The standard InChI is InChI=1S/C13H23N3O4/c1-13(2,3)11-10(12(17)18)14-15-16(11)6-5-7-20-9-8-19-4/h5-9H2,1-4H3,(H,17,18). The molecule has 7 heteroatoms. The van der Waals surface area contributed by atoms with Crippen molar-refractivity contribution in [2.75, 3.05) is 26.9 Å². The van der Waals surface area contributed by atoms with Crippen LogP contribution in [-0.4, -0.2) is 53.0 Å². The first-order valence-electron chi connectivity index (χ1n) is 6.62. The smallest absolute Gasteiger partial charge is 0.358 e. The molecule has 20 heavy (non-hydrogen) atoms. The number of carboxylic acids is 1. The maximum Gasteiger partial charge on any atom is 0.358 e. The van der Waals surface area contributed by atoms with E-state index in [1.54, 1.807) is 11.8 Å². The molecule has 0 atom stereocenters. The lowest BCUT2D eigenvalue weighted by molar-refractivity contribution is 0.0673. The van der Waals surface area contributed by atoms with Gasteiger partial charge in [-0.05, 0) is 6.42 Å². The number of carbonyl (C=O) groups is 1. The van der Waals surface area contributed by atoms with Crippen LogP contribution in [-0.2, 0) is 21.4 Å². The lowest BCUT2D eigenvalue weighted by Gasteiger charge is -2.20. The molecule has 0 aliphatic carbocycles. The summed E-state index contributed by atoms with van der Waals surface area (Å²) in [6, 6.07) is 0. The molecule has 0 fully saturated rings. The van der Waals surface area contributed by atoms with Gasteiger partial charge in [-0.25, -0.2) is 9.48 Å². The highest BCUT2D eigenvalue weighted by molar-refractivity contribution is 5.86. The molecule has 1 aromatic heterocycles. The first kappa shape index (κ1) is 16.6. The molecule has 114 valence electrons. The second-order valence-corrected chi connectivity index (χ2v) is 5.52. The van der Waals surface area contributed by atoms with Gasteiger partial charge in [0.2, 0.25) is 0 Å². The Morgan fingerprint density at radius 1 is 1.30 bits per heavy atom. The zero-order valence-electron chi connectivity index (χ0n) is 12.5. The topological polar surface area (TPSA) is 86.5 Å². The van der Waals surface area contributed by atoms with E-state index in [4.69, 9.17) is 14.6 Å². The van der Waals surface area contributed by atoms with E-state index in [1.165, 1.54) is 0 Å². The third-order valence-electron chi connectivity index (χ3n) is 2.74. The highest BCUT2D eigenvalue weighted by Gasteiger charge is 2.28. The van der Waals surface area contributed by atoms with Crippen LogP contribution < -0.4 is 0 Å². The van der Waals surface area contributed by atoms with E-state index in [-0.39, 0.29) is 11.1 Å². The van der Waals surface area contributed by atoms with Crippen LogP contribution in [0.15, 0.2) is 0 Å². The van der Waals surface area contributed by atoms with Gasteiger partial charge in [0.15, 0.2) is 5.69 Å². The predicted molar refractivity (Wildman–Crippen MR) is 73.0 cm³/mol. The van der Waals surface area contributed by atoms with E-state index in [1.807, 2.05) is 20.8 Å².